The van der Waals surface area contributed by atoms with Crippen molar-refractivity contribution in [1.82, 2.24) is 9.78 Å². The minimum Gasteiger partial charge on any atom is -0.387 e. The Balaban J connectivity index is 2.20. The van der Waals surface area contributed by atoms with E-state index in [1.54, 1.807) is 42.5 Å². The van der Waals surface area contributed by atoms with Crippen LogP contribution in [0.1, 0.15) is 0 Å². The van der Waals surface area contributed by atoms with Gasteiger partial charge in [-0.05, 0) is 24.3 Å². The van der Waals surface area contributed by atoms with E-state index in [1.165, 1.54) is 0 Å². The molecule has 0 aliphatic rings. The van der Waals surface area contributed by atoms with Crippen LogP contribution in [0.25, 0.3) is 17.1 Å². The fourth-order valence-electron chi connectivity index (χ4n) is 1.86. The molecular formula is C14H7Cl3N2O2. The molecule has 0 radical (unpaired) electrons. The monoisotopic (exact) mass is 340 g/mol. The first-order valence-corrected chi connectivity index (χ1v) is 7.01. The molecule has 0 saturated heterocycles. The molecule has 0 aliphatic carbocycles. The number of para-hydroxylation sites is 1. The first-order chi connectivity index (χ1) is 10.1. The van der Waals surface area contributed by atoms with Crippen molar-refractivity contribution in [2.24, 2.45) is 0 Å². The van der Waals surface area contributed by atoms with Crippen LogP contribution in [0.15, 0.2) is 51.7 Å². The van der Waals surface area contributed by atoms with E-state index < -0.39 is 5.76 Å². The summed E-state index contributed by atoms with van der Waals surface area (Å²) in [5.41, 5.74) is 0.783. The minimum absolute atomic E-state index is 0.0375. The van der Waals surface area contributed by atoms with Gasteiger partial charge < -0.3 is 4.42 Å². The Morgan fingerprint density at radius 3 is 2.19 bits per heavy atom. The lowest BCUT2D eigenvalue weighted by Crippen LogP contribution is -2.13. The van der Waals surface area contributed by atoms with Gasteiger partial charge in [-0.2, -0.15) is 4.68 Å². The van der Waals surface area contributed by atoms with Gasteiger partial charge in [0.25, 0.3) is 5.89 Å². The van der Waals surface area contributed by atoms with Crippen LogP contribution >= 0.6 is 34.8 Å². The number of halogens is 3. The van der Waals surface area contributed by atoms with Crippen LogP contribution in [0.2, 0.25) is 15.1 Å². The molecule has 1 aromatic heterocycles. The van der Waals surface area contributed by atoms with Crippen molar-refractivity contribution in [3.63, 3.8) is 0 Å². The summed E-state index contributed by atoms with van der Waals surface area (Å²) in [5.74, 6) is -0.635. The number of nitrogens with zero attached hydrogens (tertiary/aromatic N) is 2. The van der Waals surface area contributed by atoms with Gasteiger partial charge in [0, 0.05) is 0 Å². The van der Waals surface area contributed by atoms with Gasteiger partial charge in [0.15, 0.2) is 0 Å². The molecule has 7 heteroatoms. The maximum Gasteiger partial charge on any atom is 0.442 e. The molecule has 2 aromatic carbocycles. The fourth-order valence-corrected chi connectivity index (χ4v) is 2.63. The molecule has 0 bridgehead atoms. The Kier molecular flexibility index (Phi) is 3.76. The van der Waals surface area contributed by atoms with Crippen molar-refractivity contribution in [3.8, 4) is 17.1 Å². The van der Waals surface area contributed by atoms with Crippen LogP contribution in [-0.2, 0) is 0 Å². The largest absolute Gasteiger partial charge is 0.442 e. The first-order valence-electron chi connectivity index (χ1n) is 5.87. The van der Waals surface area contributed by atoms with E-state index in [0.29, 0.717) is 26.3 Å². The number of benzene rings is 2. The van der Waals surface area contributed by atoms with Crippen molar-refractivity contribution in [2.45, 2.75) is 0 Å². The fraction of sp³-hybridized carbons (Fsp3) is 0. The van der Waals surface area contributed by atoms with Gasteiger partial charge >= 0.3 is 5.76 Å². The highest BCUT2D eigenvalue weighted by Crippen LogP contribution is 2.33. The summed E-state index contributed by atoms with van der Waals surface area (Å²) in [6, 6.07) is 11.8. The van der Waals surface area contributed by atoms with E-state index in [-0.39, 0.29) is 5.89 Å². The van der Waals surface area contributed by atoms with Crippen LogP contribution in [0.5, 0.6) is 0 Å². The standard InChI is InChI=1S/C14H7Cl3N2O2/c15-8-4-1-2-7-11(8)19-14(20)21-13(18-19)12-9(16)5-3-6-10(12)17/h1-7H. The molecule has 0 amide bonds. The summed E-state index contributed by atoms with van der Waals surface area (Å²) in [6.45, 7) is 0. The average Bonchev–Trinajstić information content (AvgIpc) is 2.81. The highest BCUT2D eigenvalue weighted by Gasteiger charge is 2.18. The Morgan fingerprint density at radius 2 is 1.52 bits per heavy atom. The predicted molar refractivity (Wildman–Crippen MR) is 82.6 cm³/mol. The Hall–Kier alpha value is -1.75. The Bertz CT molecular complexity index is 850. The molecule has 0 N–H and O–H groups in total. The smallest absolute Gasteiger partial charge is 0.387 e. The third kappa shape index (κ3) is 2.58. The van der Waals surface area contributed by atoms with E-state index in [0.717, 1.165) is 4.68 Å². The molecule has 0 unspecified atom stereocenters. The summed E-state index contributed by atoms with van der Waals surface area (Å²) in [4.78, 5) is 12.0. The van der Waals surface area contributed by atoms with Crippen LogP contribution in [0.3, 0.4) is 0 Å². The molecule has 106 valence electrons. The lowest BCUT2D eigenvalue weighted by molar-refractivity contribution is 0.516. The second-order valence-corrected chi connectivity index (χ2v) is 5.35. The number of hydrogen-bond acceptors (Lipinski definition) is 3. The van der Waals surface area contributed by atoms with Crippen molar-refractivity contribution < 1.29 is 4.42 Å². The molecule has 0 aliphatic heterocycles. The quantitative estimate of drug-likeness (QED) is 0.692. The molecule has 0 fully saturated rings. The molecular weight excluding hydrogens is 335 g/mol. The number of rotatable bonds is 2. The average molecular weight is 342 g/mol. The maximum absolute atomic E-state index is 12.0. The molecule has 3 aromatic rings. The summed E-state index contributed by atoms with van der Waals surface area (Å²) >= 11 is 18.2. The maximum atomic E-state index is 12.0. The summed E-state index contributed by atoms with van der Waals surface area (Å²) in [7, 11) is 0. The molecule has 0 atom stereocenters. The van der Waals surface area contributed by atoms with Crippen LogP contribution in [-0.4, -0.2) is 9.78 Å². The van der Waals surface area contributed by atoms with Crippen LogP contribution in [0.4, 0.5) is 0 Å². The van der Waals surface area contributed by atoms with Crippen molar-refractivity contribution in [2.75, 3.05) is 0 Å². The normalized spacial score (nSPS) is 10.8. The molecule has 1 heterocycles. The Labute approximate surface area is 134 Å². The molecule has 21 heavy (non-hydrogen) atoms. The second-order valence-electron chi connectivity index (χ2n) is 4.13. The van der Waals surface area contributed by atoms with E-state index >= 15 is 0 Å². The zero-order valence-corrected chi connectivity index (χ0v) is 12.7. The zero-order valence-electron chi connectivity index (χ0n) is 10.4. The van der Waals surface area contributed by atoms with E-state index in [2.05, 4.69) is 5.10 Å². The number of aromatic nitrogens is 2. The molecule has 3 rings (SSSR count). The van der Waals surface area contributed by atoms with E-state index in [1.807, 2.05) is 0 Å². The Morgan fingerprint density at radius 1 is 0.905 bits per heavy atom. The van der Waals surface area contributed by atoms with Gasteiger partial charge in [-0.25, -0.2) is 4.79 Å². The topological polar surface area (TPSA) is 48.0 Å². The van der Waals surface area contributed by atoms with Gasteiger partial charge in [-0.15, -0.1) is 5.10 Å². The highest BCUT2D eigenvalue weighted by molar-refractivity contribution is 6.38. The summed E-state index contributed by atoms with van der Waals surface area (Å²) in [6.07, 6.45) is 0. The summed E-state index contributed by atoms with van der Waals surface area (Å²) < 4.78 is 6.21. The third-order valence-electron chi connectivity index (χ3n) is 2.81. The van der Waals surface area contributed by atoms with Gasteiger partial charge in [0.1, 0.15) is 0 Å². The molecule has 4 nitrogen and oxygen atoms in total. The lowest BCUT2D eigenvalue weighted by atomic mass is 10.2. The molecule has 0 spiro atoms. The van der Waals surface area contributed by atoms with E-state index in [9.17, 15) is 4.79 Å². The van der Waals surface area contributed by atoms with Gasteiger partial charge in [0.2, 0.25) is 0 Å². The minimum atomic E-state index is -0.672. The van der Waals surface area contributed by atoms with Gasteiger partial charge in [-0.3, -0.25) is 0 Å². The lowest BCUT2D eigenvalue weighted by Gasteiger charge is -2.02. The van der Waals surface area contributed by atoms with Crippen LogP contribution in [0, 0.1) is 0 Å². The first kappa shape index (κ1) is 14.2. The second kappa shape index (κ2) is 5.56. The highest BCUT2D eigenvalue weighted by atomic mass is 35.5. The third-order valence-corrected chi connectivity index (χ3v) is 3.75. The van der Waals surface area contributed by atoms with Crippen molar-refractivity contribution >= 4 is 34.8 Å². The van der Waals surface area contributed by atoms with Crippen LogP contribution < -0.4 is 5.76 Å². The van der Waals surface area contributed by atoms with Crippen molar-refractivity contribution in [1.29, 1.82) is 0 Å². The van der Waals surface area contributed by atoms with Gasteiger partial charge in [0.05, 0.1) is 26.3 Å². The van der Waals surface area contributed by atoms with Gasteiger partial charge in [-0.1, -0.05) is 53.0 Å². The van der Waals surface area contributed by atoms with E-state index in [4.69, 9.17) is 39.2 Å². The zero-order chi connectivity index (χ0) is 15.0. The SMILES string of the molecule is O=c1oc(-c2c(Cl)cccc2Cl)nn1-c1ccccc1Cl. The summed E-state index contributed by atoms with van der Waals surface area (Å²) in [5, 5.41) is 5.18. The predicted octanol–water partition coefficient (Wildman–Crippen LogP) is 4.45. The van der Waals surface area contributed by atoms with Crippen molar-refractivity contribution in [3.05, 3.63) is 68.1 Å². The molecule has 0 saturated carbocycles. The number of hydrogen-bond donors (Lipinski definition) is 0.